The highest BCUT2D eigenvalue weighted by Crippen LogP contribution is 2.40. The van der Waals surface area contributed by atoms with Crippen molar-refractivity contribution in [3.8, 4) is 0 Å². The zero-order chi connectivity index (χ0) is 12.0. The molecule has 1 aliphatic carbocycles. The average molecular weight is 226 g/mol. The summed E-state index contributed by atoms with van der Waals surface area (Å²) in [5.74, 6) is 0. The fraction of sp³-hybridized carbons (Fsp3) is 1.00. The molecule has 2 heteroatoms. The molecule has 2 nitrogen and oxygen atoms in total. The van der Waals surface area contributed by atoms with Gasteiger partial charge in [-0.15, -0.1) is 0 Å². The second-order valence-electron chi connectivity index (χ2n) is 5.91. The summed E-state index contributed by atoms with van der Waals surface area (Å²) in [5.41, 5.74) is 0.617. The molecule has 1 rings (SSSR count). The van der Waals surface area contributed by atoms with Gasteiger partial charge in [-0.05, 0) is 31.6 Å². The maximum absolute atomic E-state index is 3.71. The van der Waals surface area contributed by atoms with E-state index in [1.165, 1.54) is 38.6 Å². The molecule has 0 aromatic carbocycles. The third-order valence-corrected chi connectivity index (χ3v) is 4.07. The molecule has 0 radical (unpaired) electrons. The van der Waals surface area contributed by atoms with Crippen molar-refractivity contribution < 1.29 is 0 Å². The van der Waals surface area contributed by atoms with Crippen LogP contribution in [0.2, 0.25) is 0 Å². The zero-order valence-electron chi connectivity index (χ0n) is 11.6. The Morgan fingerprint density at radius 1 is 1.06 bits per heavy atom. The van der Waals surface area contributed by atoms with Gasteiger partial charge >= 0.3 is 0 Å². The lowest BCUT2D eigenvalue weighted by Gasteiger charge is -2.30. The van der Waals surface area contributed by atoms with Gasteiger partial charge in [-0.2, -0.15) is 0 Å². The van der Waals surface area contributed by atoms with E-state index in [2.05, 4.69) is 38.3 Å². The minimum absolute atomic E-state index is 0.589. The zero-order valence-corrected chi connectivity index (χ0v) is 11.6. The van der Waals surface area contributed by atoms with Gasteiger partial charge in [-0.25, -0.2) is 0 Å². The normalized spacial score (nSPS) is 21.6. The lowest BCUT2D eigenvalue weighted by Crippen LogP contribution is -2.43. The van der Waals surface area contributed by atoms with Gasteiger partial charge in [0.25, 0.3) is 0 Å². The lowest BCUT2D eigenvalue weighted by atomic mass is 9.83. The molecule has 1 saturated carbocycles. The highest BCUT2D eigenvalue weighted by Gasteiger charge is 2.31. The average Bonchev–Trinajstić information content (AvgIpc) is 2.73. The SMILES string of the molecule is CCC1(CNC(C)CNC(C)C)CCCC1. The summed E-state index contributed by atoms with van der Waals surface area (Å²) in [6, 6.07) is 1.18. The van der Waals surface area contributed by atoms with Crippen LogP contribution in [0.1, 0.15) is 59.8 Å². The fourth-order valence-electron chi connectivity index (χ4n) is 2.66. The Morgan fingerprint density at radius 2 is 1.69 bits per heavy atom. The largest absolute Gasteiger partial charge is 0.313 e. The molecule has 2 N–H and O–H groups in total. The number of hydrogen-bond acceptors (Lipinski definition) is 2. The van der Waals surface area contributed by atoms with Crippen LogP contribution in [0.25, 0.3) is 0 Å². The first-order valence-electron chi connectivity index (χ1n) is 7.05. The van der Waals surface area contributed by atoms with Crippen molar-refractivity contribution in [3.63, 3.8) is 0 Å². The van der Waals surface area contributed by atoms with Gasteiger partial charge in [0.1, 0.15) is 0 Å². The summed E-state index contributed by atoms with van der Waals surface area (Å²) >= 11 is 0. The molecule has 16 heavy (non-hydrogen) atoms. The van der Waals surface area contributed by atoms with E-state index in [-0.39, 0.29) is 0 Å². The van der Waals surface area contributed by atoms with E-state index in [1.54, 1.807) is 0 Å². The molecule has 1 atom stereocenters. The first kappa shape index (κ1) is 14.0. The topological polar surface area (TPSA) is 24.1 Å². The van der Waals surface area contributed by atoms with E-state index in [1.807, 2.05) is 0 Å². The second kappa shape index (κ2) is 6.61. The molecule has 0 spiro atoms. The number of rotatable bonds is 7. The van der Waals surface area contributed by atoms with Gasteiger partial charge < -0.3 is 10.6 Å². The molecule has 0 heterocycles. The number of hydrogen-bond donors (Lipinski definition) is 2. The van der Waals surface area contributed by atoms with E-state index in [0.29, 0.717) is 17.5 Å². The van der Waals surface area contributed by atoms with Gasteiger partial charge in [0, 0.05) is 25.2 Å². The van der Waals surface area contributed by atoms with E-state index in [4.69, 9.17) is 0 Å². The molecule has 96 valence electrons. The number of nitrogens with one attached hydrogen (secondary N) is 2. The van der Waals surface area contributed by atoms with Gasteiger partial charge in [0.15, 0.2) is 0 Å². The fourth-order valence-corrected chi connectivity index (χ4v) is 2.66. The molecule has 1 unspecified atom stereocenters. The smallest absolute Gasteiger partial charge is 0.0164 e. The van der Waals surface area contributed by atoms with Crippen LogP contribution in [0.3, 0.4) is 0 Å². The van der Waals surface area contributed by atoms with Crippen molar-refractivity contribution in [1.29, 1.82) is 0 Å². The van der Waals surface area contributed by atoms with Gasteiger partial charge in [-0.1, -0.05) is 33.6 Å². The highest BCUT2D eigenvalue weighted by molar-refractivity contribution is 4.86. The standard InChI is InChI=1S/C14H30N2/c1-5-14(8-6-7-9-14)11-16-13(4)10-15-12(2)3/h12-13,15-16H,5-11H2,1-4H3. The summed E-state index contributed by atoms with van der Waals surface area (Å²) in [7, 11) is 0. The van der Waals surface area contributed by atoms with Gasteiger partial charge in [0.2, 0.25) is 0 Å². The summed E-state index contributed by atoms with van der Waals surface area (Å²) in [4.78, 5) is 0. The lowest BCUT2D eigenvalue weighted by molar-refractivity contribution is 0.256. The van der Waals surface area contributed by atoms with Crippen LogP contribution in [0.15, 0.2) is 0 Å². The molecule has 0 saturated heterocycles. The molecular formula is C14H30N2. The van der Waals surface area contributed by atoms with Crippen LogP contribution < -0.4 is 10.6 Å². The van der Waals surface area contributed by atoms with Crippen molar-refractivity contribution in [1.82, 2.24) is 10.6 Å². The maximum atomic E-state index is 3.71. The maximum Gasteiger partial charge on any atom is 0.0164 e. The Labute approximate surface area is 102 Å². The second-order valence-corrected chi connectivity index (χ2v) is 5.91. The van der Waals surface area contributed by atoms with E-state index in [9.17, 15) is 0 Å². The molecular weight excluding hydrogens is 196 g/mol. The van der Waals surface area contributed by atoms with E-state index < -0.39 is 0 Å². The van der Waals surface area contributed by atoms with Crippen molar-refractivity contribution in [3.05, 3.63) is 0 Å². The first-order valence-corrected chi connectivity index (χ1v) is 7.05. The Hall–Kier alpha value is -0.0800. The minimum Gasteiger partial charge on any atom is -0.313 e. The van der Waals surface area contributed by atoms with E-state index in [0.717, 1.165) is 6.54 Å². The molecule has 1 aliphatic rings. The molecule has 1 fully saturated rings. The Kier molecular flexibility index (Phi) is 5.77. The van der Waals surface area contributed by atoms with Crippen LogP contribution in [-0.4, -0.2) is 25.2 Å². The predicted octanol–water partition coefficient (Wildman–Crippen LogP) is 2.93. The summed E-state index contributed by atoms with van der Waals surface area (Å²) in [6.45, 7) is 11.3. The molecule has 0 amide bonds. The summed E-state index contributed by atoms with van der Waals surface area (Å²) in [5, 5.41) is 7.20. The quantitative estimate of drug-likeness (QED) is 0.697. The van der Waals surface area contributed by atoms with Crippen LogP contribution in [-0.2, 0) is 0 Å². The van der Waals surface area contributed by atoms with E-state index >= 15 is 0 Å². The van der Waals surface area contributed by atoms with Crippen molar-refractivity contribution >= 4 is 0 Å². The Balaban J connectivity index is 2.21. The van der Waals surface area contributed by atoms with Crippen LogP contribution >= 0.6 is 0 Å². The third kappa shape index (κ3) is 4.42. The van der Waals surface area contributed by atoms with Crippen molar-refractivity contribution in [2.75, 3.05) is 13.1 Å². The molecule has 0 aliphatic heterocycles. The molecule has 0 aromatic heterocycles. The first-order chi connectivity index (χ1) is 7.58. The van der Waals surface area contributed by atoms with Crippen molar-refractivity contribution in [2.24, 2.45) is 5.41 Å². The van der Waals surface area contributed by atoms with Crippen LogP contribution in [0, 0.1) is 5.41 Å². The van der Waals surface area contributed by atoms with Gasteiger partial charge in [-0.3, -0.25) is 0 Å². The Morgan fingerprint density at radius 3 is 2.19 bits per heavy atom. The molecule has 0 aromatic rings. The summed E-state index contributed by atoms with van der Waals surface area (Å²) < 4.78 is 0. The van der Waals surface area contributed by atoms with Crippen molar-refractivity contribution in [2.45, 2.75) is 71.9 Å². The summed E-state index contributed by atoms with van der Waals surface area (Å²) in [6.07, 6.45) is 7.08. The monoisotopic (exact) mass is 226 g/mol. The minimum atomic E-state index is 0.589. The molecule has 0 bridgehead atoms. The third-order valence-electron chi connectivity index (χ3n) is 4.07. The predicted molar refractivity (Wildman–Crippen MR) is 71.8 cm³/mol. The van der Waals surface area contributed by atoms with Gasteiger partial charge in [0.05, 0.1) is 0 Å². The Bertz CT molecular complexity index is 183. The van der Waals surface area contributed by atoms with Crippen LogP contribution in [0.4, 0.5) is 0 Å². The van der Waals surface area contributed by atoms with Crippen LogP contribution in [0.5, 0.6) is 0 Å². The highest BCUT2D eigenvalue weighted by atomic mass is 15.0.